The van der Waals surface area contributed by atoms with E-state index in [0.717, 1.165) is 45.0 Å². The van der Waals surface area contributed by atoms with Gasteiger partial charge in [-0.25, -0.2) is 0 Å². The minimum atomic E-state index is -0.745. The number of carboxylic acid groups (broad SMARTS) is 1. The van der Waals surface area contributed by atoms with Gasteiger partial charge in [0, 0.05) is 51.5 Å². The average Bonchev–Trinajstić information content (AvgIpc) is 2.49. The molecule has 21 heavy (non-hydrogen) atoms. The first-order chi connectivity index (χ1) is 10.2. The van der Waals surface area contributed by atoms with Crippen LogP contribution in [0.2, 0.25) is 0 Å². The van der Waals surface area contributed by atoms with E-state index in [4.69, 9.17) is 5.11 Å². The Kier molecular flexibility index (Phi) is 6.02. The van der Waals surface area contributed by atoms with Crippen LogP contribution in [0.4, 0.5) is 5.69 Å². The Morgan fingerprint density at radius 3 is 2.81 bits per heavy atom. The van der Waals surface area contributed by atoms with Crippen molar-refractivity contribution in [3.05, 3.63) is 29.8 Å². The Morgan fingerprint density at radius 2 is 2.14 bits per heavy atom. The van der Waals surface area contributed by atoms with Gasteiger partial charge in [0.25, 0.3) is 0 Å². The van der Waals surface area contributed by atoms with E-state index in [-0.39, 0.29) is 6.42 Å². The second-order valence-electron chi connectivity index (χ2n) is 5.42. The summed E-state index contributed by atoms with van der Waals surface area (Å²) in [5.41, 5.74) is 2.41. The van der Waals surface area contributed by atoms with Crippen molar-refractivity contribution in [1.82, 2.24) is 10.2 Å². The summed E-state index contributed by atoms with van der Waals surface area (Å²) in [6.45, 7) is 8.68. The van der Waals surface area contributed by atoms with Crippen LogP contribution in [0.15, 0.2) is 24.3 Å². The summed E-state index contributed by atoms with van der Waals surface area (Å²) in [6.07, 6.45) is 0.176. The highest BCUT2D eigenvalue weighted by Gasteiger charge is 2.11. The maximum atomic E-state index is 10.7. The van der Waals surface area contributed by atoms with Gasteiger partial charge in [-0.1, -0.05) is 12.1 Å². The van der Waals surface area contributed by atoms with Gasteiger partial charge >= 0.3 is 5.97 Å². The number of carboxylic acids is 1. The minimum Gasteiger partial charge on any atom is -0.481 e. The van der Waals surface area contributed by atoms with Crippen LogP contribution >= 0.6 is 0 Å². The van der Waals surface area contributed by atoms with Crippen LogP contribution in [-0.2, 0) is 11.3 Å². The van der Waals surface area contributed by atoms with Crippen LogP contribution in [0.3, 0.4) is 0 Å². The van der Waals surface area contributed by atoms with Crippen LogP contribution < -0.4 is 10.2 Å². The summed E-state index contributed by atoms with van der Waals surface area (Å²) in [5, 5.41) is 12.2. The van der Waals surface area contributed by atoms with Crippen molar-refractivity contribution >= 4 is 11.7 Å². The largest absolute Gasteiger partial charge is 0.481 e. The molecule has 0 aliphatic carbocycles. The van der Waals surface area contributed by atoms with E-state index in [0.29, 0.717) is 6.54 Å². The number of hydrogen-bond donors (Lipinski definition) is 2. The average molecular weight is 291 g/mol. The molecule has 0 unspecified atom stereocenters. The summed E-state index contributed by atoms with van der Waals surface area (Å²) >= 11 is 0. The maximum Gasteiger partial charge on any atom is 0.305 e. The van der Waals surface area contributed by atoms with Gasteiger partial charge in [-0.05, 0) is 24.6 Å². The van der Waals surface area contributed by atoms with Crippen molar-refractivity contribution in [2.75, 3.05) is 44.2 Å². The maximum absolute atomic E-state index is 10.7. The van der Waals surface area contributed by atoms with Gasteiger partial charge in [-0.3, -0.25) is 9.69 Å². The van der Waals surface area contributed by atoms with Crippen molar-refractivity contribution in [3.63, 3.8) is 0 Å². The van der Waals surface area contributed by atoms with Gasteiger partial charge in [-0.15, -0.1) is 0 Å². The zero-order chi connectivity index (χ0) is 15.1. The van der Waals surface area contributed by atoms with Gasteiger partial charge < -0.3 is 15.3 Å². The number of benzene rings is 1. The molecule has 0 amide bonds. The lowest BCUT2D eigenvalue weighted by Gasteiger charge is -2.28. The zero-order valence-corrected chi connectivity index (χ0v) is 12.7. The van der Waals surface area contributed by atoms with Crippen LogP contribution in [0, 0.1) is 0 Å². The van der Waals surface area contributed by atoms with Gasteiger partial charge in [0.15, 0.2) is 0 Å². The van der Waals surface area contributed by atoms with Crippen LogP contribution in [0.1, 0.15) is 18.9 Å². The summed E-state index contributed by atoms with van der Waals surface area (Å²) in [6, 6.07) is 8.47. The molecule has 5 nitrogen and oxygen atoms in total. The third-order valence-corrected chi connectivity index (χ3v) is 3.87. The number of nitrogens with zero attached hydrogens (tertiary/aromatic N) is 2. The predicted octanol–water partition coefficient (Wildman–Crippen LogP) is 1.39. The topological polar surface area (TPSA) is 55.8 Å². The van der Waals surface area contributed by atoms with Gasteiger partial charge in [0.05, 0.1) is 6.42 Å². The lowest BCUT2D eigenvalue weighted by Crippen LogP contribution is -2.42. The molecule has 0 saturated carbocycles. The Hall–Kier alpha value is -1.59. The SMILES string of the molecule is CCN(CCC(=O)O)c1cccc(CN2CCNCC2)c1. The summed E-state index contributed by atoms with van der Waals surface area (Å²) in [5.74, 6) is -0.745. The van der Waals surface area contributed by atoms with Crippen molar-refractivity contribution in [1.29, 1.82) is 0 Å². The van der Waals surface area contributed by atoms with E-state index in [9.17, 15) is 4.79 Å². The Morgan fingerprint density at radius 1 is 1.38 bits per heavy atom. The highest BCUT2D eigenvalue weighted by atomic mass is 16.4. The summed E-state index contributed by atoms with van der Waals surface area (Å²) < 4.78 is 0. The Labute approximate surface area is 126 Å². The predicted molar refractivity (Wildman–Crippen MR) is 84.7 cm³/mol. The minimum absolute atomic E-state index is 0.176. The monoisotopic (exact) mass is 291 g/mol. The van der Waals surface area contributed by atoms with Crippen LogP contribution in [0.5, 0.6) is 0 Å². The number of nitrogens with one attached hydrogen (secondary N) is 1. The molecule has 1 aromatic carbocycles. The molecular weight excluding hydrogens is 266 g/mol. The molecule has 1 aromatic rings. The van der Waals surface area contributed by atoms with Gasteiger partial charge in [-0.2, -0.15) is 0 Å². The number of piperazine rings is 1. The Balaban J connectivity index is 1.99. The van der Waals surface area contributed by atoms with Crippen molar-refractivity contribution in [3.8, 4) is 0 Å². The number of anilines is 1. The molecule has 116 valence electrons. The number of rotatable bonds is 7. The fourth-order valence-corrected chi connectivity index (χ4v) is 2.68. The van der Waals surface area contributed by atoms with Crippen molar-refractivity contribution < 1.29 is 9.90 Å². The van der Waals surface area contributed by atoms with E-state index >= 15 is 0 Å². The smallest absolute Gasteiger partial charge is 0.305 e. The molecule has 0 spiro atoms. The van der Waals surface area contributed by atoms with Crippen LogP contribution in [0.25, 0.3) is 0 Å². The molecule has 2 rings (SSSR count). The fourth-order valence-electron chi connectivity index (χ4n) is 2.68. The summed E-state index contributed by atoms with van der Waals surface area (Å²) in [4.78, 5) is 15.3. The van der Waals surface area contributed by atoms with Crippen molar-refractivity contribution in [2.45, 2.75) is 19.9 Å². The molecule has 0 aromatic heterocycles. The van der Waals surface area contributed by atoms with E-state index in [1.54, 1.807) is 0 Å². The van der Waals surface area contributed by atoms with E-state index in [1.807, 2.05) is 0 Å². The van der Waals surface area contributed by atoms with E-state index in [1.165, 1.54) is 5.56 Å². The lowest BCUT2D eigenvalue weighted by atomic mass is 10.1. The second-order valence-corrected chi connectivity index (χ2v) is 5.42. The molecular formula is C16H25N3O2. The molecule has 1 aliphatic rings. The molecule has 1 fully saturated rings. The molecule has 0 bridgehead atoms. The molecule has 0 radical (unpaired) electrons. The molecule has 1 aliphatic heterocycles. The third-order valence-electron chi connectivity index (χ3n) is 3.87. The van der Waals surface area contributed by atoms with E-state index < -0.39 is 5.97 Å². The zero-order valence-electron chi connectivity index (χ0n) is 12.7. The third kappa shape index (κ3) is 5.02. The molecule has 0 atom stereocenters. The number of carbonyl (C=O) groups is 1. The van der Waals surface area contributed by atoms with Crippen molar-refractivity contribution in [2.24, 2.45) is 0 Å². The standard InChI is InChI=1S/C16H25N3O2/c1-2-19(9-6-16(20)21)15-5-3-4-14(12-15)13-18-10-7-17-8-11-18/h3-5,12,17H,2,6-11,13H2,1H3,(H,20,21). The second kappa shape index (κ2) is 8.00. The van der Waals surface area contributed by atoms with E-state index in [2.05, 4.69) is 46.3 Å². The highest BCUT2D eigenvalue weighted by Crippen LogP contribution is 2.18. The summed E-state index contributed by atoms with van der Waals surface area (Å²) in [7, 11) is 0. The van der Waals surface area contributed by atoms with Gasteiger partial charge in [0.1, 0.15) is 0 Å². The molecule has 2 N–H and O–H groups in total. The molecule has 1 heterocycles. The number of hydrogen-bond acceptors (Lipinski definition) is 4. The van der Waals surface area contributed by atoms with Crippen LogP contribution in [-0.4, -0.2) is 55.2 Å². The first kappa shape index (κ1) is 15.8. The Bertz CT molecular complexity index is 459. The number of aliphatic carboxylic acids is 1. The first-order valence-electron chi connectivity index (χ1n) is 7.68. The first-order valence-corrected chi connectivity index (χ1v) is 7.68. The fraction of sp³-hybridized carbons (Fsp3) is 0.562. The lowest BCUT2D eigenvalue weighted by molar-refractivity contribution is -0.136. The normalized spacial score (nSPS) is 15.9. The highest BCUT2D eigenvalue weighted by molar-refractivity contribution is 5.67. The molecule has 1 saturated heterocycles. The molecule has 5 heteroatoms. The quantitative estimate of drug-likeness (QED) is 0.795. The van der Waals surface area contributed by atoms with Gasteiger partial charge in [0.2, 0.25) is 0 Å².